The number of benzene rings is 2. The Balaban J connectivity index is 1.98. The fourth-order valence-corrected chi connectivity index (χ4v) is 3.89. The van der Waals surface area contributed by atoms with Gasteiger partial charge in [0.2, 0.25) is 5.88 Å². The Morgan fingerprint density at radius 3 is 2.50 bits per heavy atom. The van der Waals surface area contributed by atoms with Crippen LogP contribution in [0.25, 0.3) is 11.1 Å². The van der Waals surface area contributed by atoms with Crippen molar-refractivity contribution in [1.29, 1.82) is 0 Å². The molecule has 3 rings (SSSR count). The van der Waals surface area contributed by atoms with E-state index in [1.807, 2.05) is 0 Å². The van der Waals surface area contributed by atoms with E-state index in [4.69, 9.17) is 25.6 Å². The standard InChI is InChI=1S/C17H15ClN2O5S/c1-23-14-8-7-11(9-15(14)24-2)12-10-19-25-17(12)20-26(21,22)16-6-4-3-5-13(16)18/h3-10,20H,1-2H3. The number of halogens is 1. The first-order valence-electron chi connectivity index (χ1n) is 7.40. The van der Waals surface area contributed by atoms with Crippen molar-refractivity contribution in [3.05, 3.63) is 53.7 Å². The van der Waals surface area contributed by atoms with Gasteiger partial charge in [-0.1, -0.05) is 35.0 Å². The van der Waals surface area contributed by atoms with Gasteiger partial charge in [-0.05, 0) is 29.8 Å². The van der Waals surface area contributed by atoms with Gasteiger partial charge in [-0.2, -0.15) is 0 Å². The van der Waals surface area contributed by atoms with E-state index in [-0.39, 0.29) is 15.8 Å². The zero-order chi connectivity index (χ0) is 18.7. The van der Waals surface area contributed by atoms with Crippen LogP contribution in [0.4, 0.5) is 5.88 Å². The summed E-state index contributed by atoms with van der Waals surface area (Å²) >= 11 is 5.98. The van der Waals surface area contributed by atoms with Crippen molar-refractivity contribution in [2.45, 2.75) is 4.90 Å². The summed E-state index contributed by atoms with van der Waals surface area (Å²) in [5, 5.41) is 3.79. The van der Waals surface area contributed by atoms with Crippen molar-refractivity contribution in [2.75, 3.05) is 18.9 Å². The van der Waals surface area contributed by atoms with Crippen molar-refractivity contribution in [2.24, 2.45) is 0 Å². The maximum Gasteiger partial charge on any atom is 0.265 e. The lowest BCUT2D eigenvalue weighted by Gasteiger charge is -2.10. The van der Waals surface area contributed by atoms with Gasteiger partial charge in [0, 0.05) is 0 Å². The van der Waals surface area contributed by atoms with Crippen LogP contribution in [0, 0.1) is 0 Å². The molecule has 7 nitrogen and oxygen atoms in total. The molecule has 0 atom stereocenters. The lowest BCUT2D eigenvalue weighted by molar-refractivity contribution is 0.355. The molecule has 0 saturated carbocycles. The highest BCUT2D eigenvalue weighted by Gasteiger charge is 2.22. The molecule has 0 spiro atoms. The van der Waals surface area contributed by atoms with Gasteiger partial charge in [-0.25, -0.2) is 13.1 Å². The minimum atomic E-state index is -3.94. The molecule has 0 radical (unpaired) electrons. The highest BCUT2D eigenvalue weighted by molar-refractivity contribution is 7.92. The van der Waals surface area contributed by atoms with Crippen molar-refractivity contribution >= 4 is 27.5 Å². The lowest BCUT2D eigenvalue weighted by atomic mass is 10.1. The summed E-state index contributed by atoms with van der Waals surface area (Å²) in [7, 11) is -0.906. The highest BCUT2D eigenvalue weighted by atomic mass is 35.5. The second-order valence-corrected chi connectivity index (χ2v) is 7.23. The lowest BCUT2D eigenvalue weighted by Crippen LogP contribution is -2.13. The summed E-state index contributed by atoms with van der Waals surface area (Å²) < 4.78 is 43.1. The molecule has 0 saturated heterocycles. The van der Waals surface area contributed by atoms with Crippen LogP contribution in [0.3, 0.4) is 0 Å². The van der Waals surface area contributed by atoms with Gasteiger partial charge >= 0.3 is 0 Å². The number of sulfonamides is 1. The van der Waals surface area contributed by atoms with Gasteiger partial charge in [0.1, 0.15) is 4.90 Å². The van der Waals surface area contributed by atoms with E-state index in [0.29, 0.717) is 22.6 Å². The van der Waals surface area contributed by atoms with E-state index in [1.54, 1.807) is 30.3 Å². The molecular formula is C17H15ClN2O5S. The van der Waals surface area contributed by atoms with Gasteiger partial charge in [0.25, 0.3) is 10.0 Å². The third-order valence-electron chi connectivity index (χ3n) is 3.62. The summed E-state index contributed by atoms with van der Waals surface area (Å²) in [6.45, 7) is 0. The highest BCUT2D eigenvalue weighted by Crippen LogP contribution is 2.36. The molecule has 2 aromatic carbocycles. The summed E-state index contributed by atoms with van der Waals surface area (Å²) in [6, 6.07) is 11.2. The number of rotatable bonds is 6. The number of nitrogens with zero attached hydrogens (tertiary/aromatic N) is 1. The minimum Gasteiger partial charge on any atom is -0.493 e. The first-order chi connectivity index (χ1) is 12.5. The fraction of sp³-hybridized carbons (Fsp3) is 0.118. The van der Waals surface area contributed by atoms with E-state index < -0.39 is 10.0 Å². The fourth-order valence-electron chi connectivity index (χ4n) is 2.36. The smallest absolute Gasteiger partial charge is 0.265 e. The number of ether oxygens (including phenoxy) is 2. The maximum absolute atomic E-state index is 12.6. The Kier molecular flexibility index (Phi) is 5.06. The van der Waals surface area contributed by atoms with Crippen molar-refractivity contribution in [1.82, 2.24) is 5.16 Å². The average molecular weight is 395 g/mol. The molecule has 0 aliphatic rings. The number of hydrogen-bond donors (Lipinski definition) is 1. The summed E-state index contributed by atoms with van der Waals surface area (Å²) in [4.78, 5) is -0.0590. The molecule has 0 aliphatic heterocycles. The molecule has 0 amide bonds. The first-order valence-corrected chi connectivity index (χ1v) is 9.27. The maximum atomic E-state index is 12.6. The second-order valence-electron chi connectivity index (χ2n) is 5.17. The van der Waals surface area contributed by atoms with Crippen LogP contribution in [0.5, 0.6) is 11.5 Å². The Morgan fingerprint density at radius 1 is 1.08 bits per heavy atom. The number of hydrogen-bond acceptors (Lipinski definition) is 6. The zero-order valence-electron chi connectivity index (χ0n) is 13.9. The van der Waals surface area contributed by atoms with Crippen LogP contribution in [0.2, 0.25) is 5.02 Å². The molecule has 1 aromatic heterocycles. The molecule has 0 unspecified atom stereocenters. The third-order valence-corrected chi connectivity index (χ3v) is 5.45. The van der Waals surface area contributed by atoms with E-state index in [2.05, 4.69) is 9.88 Å². The zero-order valence-corrected chi connectivity index (χ0v) is 15.5. The molecule has 1 heterocycles. The first kappa shape index (κ1) is 18.1. The molecule has 3 aromatic rings. The molecule has 26 heavy (non-hydrogen) atoms. The number of aromatic nitrogens is 1. The minimum absolute atomic E-state index is 0.0304. The third kappa shape index (κ3) is 3.47. The SMILES string of the molecule is COc1ccc(-c2cnoc2NS(=O)(=O)c2ccccc2Cl)cc1OC. The molecular weight excluding hydrogens is 380 g/mol. The van der Waals surface area contributed by atoms with Crippen molar-refractivity contribution in [3.63, 3.8) is 0 Å². The van der Waals surface area contributed by atoms with Crippen LogP contribution >= 0.6 is 11.6 Å². The van der Waals surface area contributed by atoms with E-state index in [0.717, 1.165) is 0 Å². The normalized spacial score (nSPS) is 11.2. The van der Waals surface area contributed by atoms with Crippen molar-refractivity contribution < 1.29 is 22.4 Å². The molecule has 136 valence electrons. The Bertz CT molecular complexity index is 1030. The number of anilines is 1. The topological polar surface area (TPSA) is 90.7 Å². The number of methoxy groups -OCH3 is 2. The van der Waals surface area contributed by atoms with Gasteiger partial charge in [0.15, 0.2) is 11.5 Å². The Labute approximate surface area is 155 Å². The largest absolute Gasteiger partial charge is 0.493 e. The van der Waals surface area contributed by atoms with Crippen LogP contribution in [-0.2, 0) is 10.0 Å². The van der Waals surface area contributed by atoms with Crippen LogP contribution in [0.1, 0.15) is 0 Å². The van der Waals surface area contributed by atoms with Crippen LogP contribution in [0.15, 0.2) is 58.1 Å². The molecule has 0 aliphatic carbocycles. The van der Waals surface area contributed by atoms with Crippen molar-refractivity contribution in [3.8, 4) is 22.6 Å². The van der Waals surface area contributed by atoms with E-state index >= 15 is 0 Å². The van der Waals surface area contributed by atoms with E-state index in [9.17, 15) is 8.42 Å². The summed E-state index contributed by atoms with van der Waals surface area (Å²) in [5.41, 5.74) is 1.09. The van der Waals surface area contributed by atoms with Crippen LogP contribution < -0.4 is 14.2 Å². The second kappa shape index (κ2) is 7.27. The Morgan fingerprint density at radius 2 is 1.81 bits per heavy atom. The van der Waals surface area contributed by atoms with Crippen LogP contribution in [-0.4, -0.2) is 27.8 Å². The van der Waals surface area contributed by atoms with Gasteiger partial charge in [-0.3, -0.25) is 0 Å². The molecule has 9 heteroatoms. The summed E-state index contributed by atoms with van der Waals surface area (Å²) in [5.74, 6) is 1.01. The molecule has 0 bridgehead atoms. The van der Waals surface area contributed by atoms with Gasteiger partial charge < -0.3 is 14.0 Å². The predicted molar refractivity (Wildman–Crippen MR) is 97.3 cm³/mol. The monoisotopic (exact) mass is 394 g/mol. The number of nitrogens with one attached hydrogen (secondary N) is 1. The predicted octanol–water partition coefficient (Wildman–Crippen LogP) is 3.81. The Hall–Kier alpha value is -2.71. The molecule has 0 fully saturated rings. The molecule has 1 N–H and O–H groups in total. The van der Waals surface area contributed by atoms with E-state index in [1.165, 1.54) is 32.5 Å². The van der Waals surface area contributed by atoms with Gasteiger partial charge in [-0.15, -0.1) is 0 Å². The average Bonchev–Trinajstić information content (AvgIpc) is 3.08. The summed E-state index contributed by atoms with van der Waals surface area (Å²) in [6.07, 6.45) is 1.41. The quantitative estimate of drug-likeness (QED) is 0.683. The van der Waals surface area contributed by atoms with Gasteiger partial charge in [0.05, 0.1) is 31.0 Å².